The summed E-state index contributed by atoms with van der Waals surface area (Å²) in [7, 11) is 0. The van der Waals surface area contributed by atoms with Crippen molar-refractivity contribution in [2.75, 3.05) is 12.3 Å². The highest BCUT2D eigenvalue weighted by atomic mass is 15.3. The molecule has 3 atom stereocenters. The molecule has 4 heteroatoms. The van der Waals surface area contributed by atoms with Crippen LogP contribution in [0.5, 0.6) is 0 Å². The minimum absolute atomic E-state index is 0.528. The van der Waals surface area contributed by atoms with Gasteiger partial charge in [-0.25, -0.2) is 0 Å². The highest BCUT2D eigenvalue weighted by Crippen LogP contribution is 2.46. The summed E-state index contributed by atoms with van der Waals surface area (Å²) < 4.78 is 2.25. The van der Waals surface area contributed by atoms with Crippen LogP contribution in [0.4, 0.5) is 5.69 Å². The zero-order valence-corrected chi connectivity index (χ0v) is 14.6. The Hall–Kier alpha value is -2.33. The number of nitrogen functional groups attached to an aromatic ring is 1. The molecule has 1 aliphatic heterocycles. The number of fused-ring (bicyclic) bond motifs is 3. The SMILES string of the molecule is Cc1ccc(CN2CC3CC2CC3n2ncc3cc(N)ccc32)cc1. The van der Waals surface area contributed by atoms with Gasteiger partial charge < -0.3 is 5.73 Å². The molecular weight excluding hydrogens is 308 g/mol. The van der Waals surface area contributed by atoms with E-state index in [4.69, 9.17) is 10.8 Å². The van der Waals surface area contributed by atoms with Gasteiger partial charge in [0.25, 0.3) is 0 Å². The monoisotopic (exact) mass is 332 g/mol. The number of rotatable bonds is 3. The number of piperidine rings is 1. The second-order valence-corrected chi connectivity index (χ2v) is 7.78. The predicted molar refractivity (Wildman–Crippen MR) is 101 cm³/mol. The highest BCUT2D eigenvalue weighted by molar-refractivity contribution is 5.82. The fourth-order valence-corrected chi connectivity index (χ4v) is 4.78. The summed E-state index contributed by atoms with van der Waals surface area (Å²) in [6, 6.07) is 16.3. The molecule has 2 N–H and O–H groups in total. The first-order valence-corrected chi connectivity index (χ1v) is 9.20. The van der Waals surface area contributed by atoms with Crippen LogP contribution in [0.1, 0.15) is 30.0 Å². The average Bonchev–Trinajstić information content (AvgIpc) is 3.29. The molecule has 2 fully saturated rings. The van der Waals surface area contributed by atoms with Crippen LogP contribution < -0.4 is 5.73 Å². The number of likely N-dealkylation sites (tertiary alicyclic amines) is 1. The number of nitrogens with zero attached hydrogens (tertiary/aromatic N) is 3. The lowest BCUT2D eigenvalue weighted by atomic mass is 10.0. The molecule has 0 radical (unpaired) electrons. The summed E-state index contributed by atoms with van der Waals surface area (Å²) in [5.74, 6) is 0.705. The van der Waals surface area contributed by atoms with Crippen LogP contribution in [0.15, 0.2) is 48.7 Å². The number of benzene rings is 2. The van der Waals surface area contributed by atoms with Gasteiger partial charge in [0.05, 0.1) is 17.8 Å². The predicted octanol–water partition coefficient (Wildman–Crippen LogP) is 3.76. The van der Waals surface area contributed by atoms with Crippen molar-refractivity contribution in [2.24, 2.45) is 5.92 Å². The molecule has 3 aromatic rings. The minimum atomic E-state index is 0.528. The summed E-state index contributed by atoms with van der Waals surface area (Å²) in [4.78, 5) is 2.66. The van der Waals surface area contributed by atoms with E-state index in [0.29, 0.717) is 18.0 Å². The largest absolute Gasteiger partial charge is 0.399 e. The van der Waals surface area contributed by atoms with Crippen LogP contribution in [0, 0.1) is 12.8 Å². The lowest BCUT2D eigenvalue weighted by molar-refractivity contribution is 0.165. The maximum atomic E-state index is 5.90. The zero-order valence-electron chi connectivity index (χ0n) is 14.6. The molecule has 1 saturated carbocycles. The van der Waals surface area contributed by atoms with Crippen molar-refractivity contribution in [1.29, 1.82) is 0 Å². The van der Waals surface area contributed by atoms with E-state index in [1.54, 1.807) is 0 Å². The van der Waals surface area contributed by atoms with E-state index >= 15 is 0 Å². The highest BCUT2D eigenvalue weighted by Gasteiger charge is 2.45. The van der Waals surface area contributed by atoms with Crippen LogP contribution in [0.3, 0.4) is 0 Å². The van der Waals surface area contributed by atoms with Gasteiger partial charge in [0.1, 0.15) is 0 Å². The van der Waals surface area contributed by atoms with Crippen molar-refractivity contribution in [3.05, 3.63) is 59.8 Å². The molecule has 0 spiro atoms. The summed E-state index contributed by atoms with van der Waals surface area (Å²) in [6.45, 7) is 4.40. The molecule has 2 aliphatic rings. The van der Waals surface area contributed by atoms with E-state index in [0.717, 1.165) is 17.6 Å². The van der Waals surface area contributed by atoms with Crippen molar-refractivity contribution >= 4 is 16.6 Å². The van der Waals surface area contributed by atoms with Crippen molar-refractivity contribution in [2.45, 2.75) is 38.4 Å². The van der Waals surface area contributed by atoms with Gasteiger partial charge in [0, 0.05) is 30.2 Å². The molecule has 2 aromatic carbocycles. The number of aromatic nitrogens is 2. The van der Waals surface area contributed by atoms with Gasteiger partial charge in [-0.05, 0) is 49.4 Å². The Morgan fingerprint density at radius 3 is 2.72 bits per heavy atom. The average molecular weight is 332 g/mol. The van der Waals surface area contributed by atoms with Crippen molar-refractivity contribution in [3.63, 3.8) is 0 Å². The molecular formula is C21H24N4. The smallest absolute Gasteiger partial charge is 0.0687 e. The summed E-state index contributed by atoms with van der Waals surface area (Å²) in [5.41, 5.74) is 10.7. The molecule has 4 nitrogen and oxygen atoms in total. The molecule has 1 saturated heterocycles. The third-order valence-electron chi connectivity index (χ3n) is 6.06. The van der Waals surface area contributed by atoms with Gasteiger partial charge in [-0.15, -0.1) is 0 Å². The number of hydrogen-bond donors (Lipinski definition) is 1. The molecule has 2 bridgehead atoms. The minimum Gasteiger partial charge on any atom is -0.399 e. The van der Waals surface area contributed by atoms with Crippen molar-refractivity contribution < 1.29 is 0 Å². The molecule has 1 aromatic heterocycles. The Labute approximate surface area is 148 Å². The fraction of sp³-hybridized carbons (Fsp3) is 0.381. The summed E-state index contributed by atoms with van der Waals surface area (Å²) in [5, 5.41) is 5.85. The maximum Gasteiger partial charge on any atom is 0.0687 e. The van der Waals surface area contributed by atoms with Gasteiger partial charge in [0.2, 0.25) is 0 Å². The fourth-order valence-electron chi connectivity index (χ4n) is 4.78. The first kappa shape index (κ1) is 15.0. The third-order valence-corrected chi connectivity index (χ3v) is 6.06. The number of aryl methyl sites for hydroxylation is 1. The van der Waals surface area contributed by atoms with Crippen LogP contribution in [0.25, 0.3) is 10.9 Å². The van der Waals surface area contributed by atoms with E-state index < -0.39 is 0 Å². The Kier molecular flexibility index (Phi) is 3.35. The van der Waals surface area contributed by atoms with Gasteiger partial charge in [-0.3, -0.25) is 9.58 Å². The van der Waals surface area contributed by atoms with E-state index in [9.17, 15) is 0 Å². The zero-order chi connectivity index (χ0) is 17.0. The number of nitrogens with two attached hydrogens (primary N) is 1. The molecule has 2 heterocycles. The molecule has 5 rings (SSSR count). The maximum absolute atomic E-state index is 5.90. The second kappa shape index (κ2) is 5.60. The van der Waals surface area contributed by atoms with Gasteiger partial charge >= 0.3 is 0 Å². The second-order valence-electron chi connectivity index (χ2n) is 7.78. The van der Waals surface area contributed by atoms with Crippen LogP contribution in [-0.4, -0.2) is 27.3 Å². The van der Waals surface area contributed by atoms with E-state index in [1.807, 2.05) is 18.3 Å². The molecule has 3 unspecified atom stereocenters. The van der Waals surface area contributed by atoms with Crippen molar-refractivity contribution in [3.8, 4) is 0 Å². The normalized spacial score (nSPS) is 25.9. The summed E-state index contributed by atoms with van der Waals surface area (Å²) in [6.07, 6.45) is 4.46. The van der Waals surface area contributed by atoms with Crippen molar-refractivity contribution in [1.82, 2.24) is 14.7 Å². The molecule has 1 aliphatic carbocycles. The van der Waals surface area contributed by atoms with E-state index in [-0.39, 0.29) is 0 Å². The lowest BCUT2D eigenvalue weighted by Crippen LogP contribution is -2.36. The van der Waals surface area contributed by atoms with Gasteiger partial charge in [0.15, 0.2) is 0 Å². The van der Waals surface area contributed by atoms with E-state index in [1.165, 1.54) is 36.0 Å². The molecule has 128 valence electrons. The summed E-state index contributed by atoms with van der Waals surface area (Å²) >= 11 is 0. The Morgan fingerprint density at radius 2 is 1.96 bits per heavy atom. The molecule has 25 heavy (non-hydrogen) atoms. The Bertz CT molecular complexity index is 911. The van der Waals surface area contributed by atoms with E-state index in [2.05, 4.69) is 46.8 Å². The topological polar surface area (TPSA) is 47.1 Å². The van der Waals surface area contributed by atoms with Gasteiger partial charge in [-0.1, -0.05) is 29.8 Å². The number of hydrogen-bond acceptors (Lipinski definition) is 3. The third kappa shape index (κ3) is 2.52. The first-order chi connectivity index (χ1) is 12.2. The number of anilines is 1. The first-order valence-electron chi connectivity index (χ1n) is 9.20. The van der Waals surface area contributed by atoms with Gasteiger partial charge in [-0.2, -0.15) is 5.10 Å². The van der Waals surface area contributed by atoms with Crippen LogP contribution >= 0.6 is 0 Å². The standard InChI is InChI=1S/C21H24N4/c1-14-2-4-15(5-3-14)12-24-13-17-9-19(24)10-21(17)25-20-7-6-18(22)8-16(20)11-23-25/h2-8,11,17,19,21H,9-10,12-13,22H2,1H3. The quantitative estimate of drug-likeness (QED) is 0.743. The van der Waals surface area contributed by atoms with Crippen LogP contribution in [0.2, 0.25) is 0 Å². The Balaban J connectivity index is 1.34. The lowest BCUT2D eigenvalue weighted by Gasteiger charge is -2.32. The molecule has 0 amide bonds. The van der Waals surface area contributed by atoms with Crippen LogP contribution in [-0.2, 0) is 6.54 Å². The Morgan fingerprint density at radius 1 is 1.12 bits per heavy atom.